The van der Waals surface area contributed by atoms with E-state index < -0.39 is 0 Å². The van der Waals surface area contributed by atoms with Crippen molar-refractivity contribution < 1.29 is 13.9 Å². The number of hydrogen-bond acceptors (Lipinski definition) is 5. The van der Waals surface area contributed by atoms with Crippen molar-refractivity contribution in [2.75, 3.05) is 25.7 Å². The van der Waals surface area contributed by atoms with Crippen molar-refractivity contribution in [1.82, 2.24) is 4.90 Å². The molecule has 3 rings (SSSR count). The van der Waals surface area contributed by atoms with Crippen molar-refractivity contribution in [3.8, 4) is 5.75 Å². The van der Waals surface area contributed by atoms with E-state index in [4.69, 9.17) is 17.0 Å². The molecule has 0 atom stereocenters. The van der Waals surface area contributed by atoms with Crippen molar-refractivity contribution in [1.29, 1.82) is 0 Å². The first kappa shape index (κ1) is 18.4. The first-order chi connectivity index (χ1) is 12.5. The summed E-state index contributed by atoms with van der Waals surface area (Å²) in [6.45, 7) is 0.331. The highest BCUT2D eigenvalue weighted by Crippen LogP contribution is 2.33. The Labute approximate surface area is 161 Å². The van der Waals surface area contributed by atoms with E-state index in [1.807, 2.05) is 36.2 Å². The average molecular weight is 388 g/mol. The number of ether oxygens (including phenoxy) is 1. The third-order valence-electron chi connectivity index (χ3n) is 3.89. The van der Waals surface area contributed by atoms with Crippen molar-refractivity contribution >= 4 is 46.0 Å². The predicted octanol–water partition coefficient (Wildman–Crippen LogP) is 4.13. The Bertz CT molecular complexity index is 868. The van der Waals surface area contributed by atoms with Crippen molar-refractivity contribution in [2.45, 2.75) is 0 Å². The van der Waals surface area contributed by atoms with Crippen LogP contribution >= 0.6 is 24.0 Å². The quantitative estimate of drug-likeness (QED) is 0.568. The summed E-state index contributed by atoms with van der Waals surface area (Å²) in [6, 6.07) is 13.7. The third-order valence-corrected chi connectivity index (χ3v) is 5.26. The van der Waals surface area contributed by atoms with Crippen LogP contribution in [-0.2, 0) is 4.79 Å². The minimum absolute atomic E-state index is 0.176. The summed E-state index contributed by atoms with van der Waals surface area (Å²) >= 11 is 6.58. The topological polar surface area (TPSA) is 32.8 Å². The molecule has 1 saturated heterocycles. The van der Waals surface area contributed by atoms with E-state index in [9.17, 15) is 9.18 Å². The number of carbonyl (C=O) groups is 1. The number of hydrogen-bond donors (Lipinski definition) is 0. The highest BCUT2D eigenvalue weighted by molar-refractivity contribution is 8.26. The third kappa shape index (κ3) is 4.05. The molecule has 0 aliphatic carbocycles. The van der Waals surface area contributed by atoms with Gasteiger partial charge in [0.05, 0.1) is 18.7 Å². The largest absolute Gasteiger partial charge is 0.497 e. The Kier molecular flexibility index (Phi) is 5.58. The molecular formula is C19H17FN2O2S2. The molecule has 7 heteroatoms. The SMILES string of the molecule is COc1ccc(N(C)CN2C(=O)/C(=C/c3cccc(F)c3)SC2=S)cc1. The van der Waals surface area contributed by atoms with Gasteiger partial charge in [-0.15, -0.1) is 0 Å². The van der Waals surface area contributed by atoms with Gasteiger partial charge < -0.3 is 9.64 Å². The molecule has 134 valence electrons. The summed E-state index contributed by atoms with van der Waals surface area (Å²) in [5.74, 6) is 0.254. The minimum atomic E-state index is -0.339. The molecule has 0 saturated carbocycles. The summed E-state index contributed by atoms with van der Waals surface area (Å²) < 4.78 is 19.0. The smallest absolute Gasteiger partial charge is 0.267 e. The van der Waals surface area contributed by atoms with Gasteiger partial charge in [0, 0.05) is 12.7 Å². The van der Waals surface area contributed by atoms with E-state index >= 15 is 0 Å². The molecule has 1 aliphatic heterocycles. The summed E-state index contributed by atoms with van der Waals surface area (Å²) in [4.78, 5) is 16.6. The van der Waals surface area contributed by atoms with Crippen molar-refractivity contribution in [3.63, 3.8) is 0 Å². The van der Waals surface area contributed by atoms with E-state index in [2.05, 4.69) is 0 Å². The molecule has 1 fully saturated rings. The highest BCUT2D eigenvalue weighted by Gasteiger charge is 2.32. The maximum Gasteiger partial charge on any atom is 0.267 e. The van der Waals surface area contributed by atoms with Crippen LogP contribution in [0.15, 0.2) is 53.4 Å². The molecule has 1 heterocycles. The van der Waals surface area contributed by atoms with Crippen LogP contribution in [0.4, 0.5) is 10.1 Å². The number of rotatable bonds is 5. The molecule has 1 aliphatic rings. The van der Waals surface area contributed by atoms with Crippen LogP contribution in [0.2, 0.25) is 0 Å². The fourth-order valence-corrected chi connectivity index (χ4v) is 3.74. The first-order valence-corrected chi connectivity index (χ1v) is 9.06. The van der Waals surface area contributed by atoms with Crippen LogP contribution in [-0.4, -0.2) is 36.0 Å². The predicted molar refractivity (Wildman–Crippen MR) is 108 cm³/mol. The van der Waals surface area contributed by atoms with Gasteiger partial charge in [-0.2, -0.15) is 0 Å². The lowest BCUT2D eigenvalue weighted by Crippen LogP contribution is -2.38. The zero-order valence-corrected chi connectivity index (χ0v) is 15.9. The monoisotopic (exact) mass is 388 g/mol. The zero-order chi connectivity index (χ0) is 18.7. The van der Waals surface area contributed by atoms with Gasteiger partial charge in [-0.05, 0) is 48.0 Å². The van der Waals surface area contributed by atoms with Gasteiger partial charge in [0.2, 0.25) is 0 Å². The molecule has 2 aromatic rings. The summed E-state index contributed by atoms with van der Waals surface area (Å²) in [7, 11) is 3.50. The lowest BCUT2D eigenvalue weighted by atomic mass is 10.2. The normalized spacial score (nSPS) is 15.7. The summed E-state index contributed by atoms with van der Waals surface area (Å²) in [5.41, 5.74) is 1.57. The molecule has 2 aromatic carbocycles. The van der Waals surface area contributed by atoms with E-state index in [1.54, 1.807) is 25.3 Å². The number of benzene rings is 2. The minimum Gasteiger partial charge on any atom is -0.497 e. The Balaban J connectivity index is 1.74. The van der Waals surface area contributed by atoms with E-state index in [-0.39, 0.29) is 11.7 Å². The molecule has 4 nitrogen and oxygen atoms in total. The van der Waals surface area contributed by atoms with Crippen molar-refractivity contribution in [3.05, 3.63) is 64.8 Å². The maximum atomic E-state index is 13.3. The van der Waals surface area contributed by atoms with Crippen LogP contribution in [0.5, 0.6) is 5.75 Å². The number of anilines is 1. The summed E-state index contributed by atoms with van der Waals surface area (Å²) in [5, 5.41) is 0. The first-order valence-electron chi connectivity index (χ1n) is 7.84. The molecule has 0 spiro atoms. The van der Waals surface area contributed by atoms with Gasteiger partial charge in [0.25, 0.3) is 5.91 Å². The fraction of sp³-hybridized carbons (Fsp3) is 0.158. The van der Waals surface area contributed by atoms with Gasteiger partial charge in [-0.3, -0.25) is 9.69 Å². The molecule has 0 unspecified atom stereocenters. The fourth-order valence-electron chi connectivity index (χ4n) is 2.50. The number of carbonyl (C=O) groups excluding carboxylic acids is 1. The van der Waals surface area contributed by atoms with Gasteiger partial charge in [-0.25, -0.2) is 4.39 Å². The van der Waals surface area contributed by atoms with Gasteiger partial charge >= 0.3 is 0 Å². The lowest BCUT2D eigenvalue weighted by Gasteiger charge is -2.25. The average Bonchev–Trinajstić information content (AvgIpc) is 2.89. The molecule has 0 N–H and O–H groups in total. The van der Waals surface area contributed by atoms with Crippen LogP contribution in [0.3, 0.4) is 0 Å². The molecule has 0 bridgehead atoms. The number of methoxy groups -OCH3 is 1. The van der Waals surface area contributed by atoms with E-state index in [0.29, 0.717) is 21.5 Å². The number of thiocarbonyl (C=S) groups is 1. The van der Waals surface area contributed by atoms with Crippen LogP contribution < -0.4 is 9.64 Å². The van der Waals surface area contributed by atoms with Crippen LogP contribution in [0, 0.1) is 5.82 Å². The number of nitrogens with zero attached hydrogens (tertiary/aromatic N) is 2. The number of halogens is 1. The van der Waals surface area contributed by atoms with Crippen LogP contribution in [0.25, 0.3) is 6.08 Å². The lowest BCUT2D eigenvalue weighted by molar-refractivity contribution is -0.122. The molecule has 1 amide bonds. The summed E-state index contributed by atoms with van der Waals surface area (Å²) in [6.07, 6.45) is 1.66. The standard InChI is InChI=1S/C19H17FN2O2S2/c1-21(15-6-8-16(24-2)9-7-15)12-22-18(23)17(26-19(22)25)11-13-4-3-5-14(20)10-13/h3-11H,12H2,1-2H3/b17-11-. The molecule has 0 aromatic heterocycles. The second-order valence-corrected chi connectivity index (χ2v) is 7.38. The maximum absolute atomic E-state index is 13.3. The second kappa shape index (κ2) is 7.88. The number of amides is 1. The Morgan fingerprint density at radius 2 is 2.00 bits per heavy atom. The molecule has 26 heavy (non-hydrogen) atoms. The molecular weight excluding hydrogens is 371 g/mol. The van der Waals surface area contributed by atoms with Crippen molar-refractivity contribution in [2.24, 2.45) is 0 Å². The zero-order valence-electron chi connectivity index (χ0n) is 14.3. The highest BCUT2D eigenvalue weighted by atomic mass is 32.2. The van der Waals surface area contributed by atoms with Gasteiger partial charge in [0.1, 0.15) is 15.9 Å². The Hall–Kier alpha value is -2.38. The Morgan fingerprint density at radius 3 is 2.65 bits per heavy atom. The van der Waals surface area contributed by atoms with E-state index in [1.165, 1.54) is 28.8 Å². The second-order valence-electron chi connectivity index (χ2n) is 5.70. The van der Waals surface area contributed by atoms with Crippen LogP contribution in [0.1, 0.15) is 5.56 Å². The molecule has 0 radical (unpaired) electrons. The van der Waals surface area contributed by atoms with Gasteiger partial charge in [-0.1, -0.05) is 36.1 Å². The van der Waals surface area contributed by atoms with E-state index in [0.717, 1.165) is 11.4 Å². The number of thioether (sulfide) groups is 1. The Morgan fingerprint density at radius 1 is 1.27 bits per heavy atom. The van der Waals surface area contributed by atoms with Gasteiger partial charge in [0.15, 0.2) is 0 Å².